The molecule has 28 nitrogen and oxygen atoms in total. The zero-order chi connectivity index (χ0) is 104. The summed E-state index contributed by atoms with van der Waals surface area (Å²) in [6.45, 7) is 79.0. The summed E-state index contributed by atoms with van der Waals surface area (Å²) in [6.07, 6.45) is 17.2. The van der Waals surface area contributed by atoms with E-state index in [0.29, 0.717) is 106 Å². The molecule has 133 heavy (non-hydrogen) atoms. The molecule has 0 saturated heterocycles. The average molecular weight is 2160 g/mol. The standard InChI is InChI=1S/3C14H34O4Si2.2C13H32O4Si2.C12H30O4Si2.C11H28O4Si2/c1-14(2,18-10-8-12-20(5,6)16)13-17-9-7-11-19(3,4)15;1-19(2,15)13-7-11-17-9-5-6-10-18-12-8-14-20(3,4)16;1-6-14(18-10-8-12-20(4,5)16)13-17-9-7-11-19(2,3)15;1-13(17-9-7-11-19(4,5)15)12-16-8-6-10-18(2,3)14;1-18(2,14)12-6-10-16-8-5-9-17-11-7-13-19(3,4)15;1-17(2,13)11-5-7-15-9-10-16-8-6-12-18(3,4)14;1-16(2,12)9-5-7-14-11-15-8-6-10-17(3,4)13/h15-16H,7-13H2,1-6H3;15-16H,5-14H2,1-4H3;14-16H,6-13H2,1-5H3;13-15H,6-12H2,1-5H3;14-15H,5-13H2,1-4H3;13-14H,5-12H2,1-4H3;12-13H,5-11H2,1-4H3. The highest BCUT2D eigenvalue weighted by molar-refractivity contribution is 6.74. The molecule has 0 aromatic rings. The van der Waals surface area contributed by atoms with Gasteiger partial charge in [0.25, 0.3) is 0 Å². The minimum Gasteiger partial charge on any atom is -0.432 e. The topological polar surface area (TPSA) is 412 Å². The van der Waals surface area contributed by atoms with Gasteiger partial charge in [0.05, 0.1) is 50.8 Å². The van der Waals surface area contributed by atoms with E-state index in [4.69, 9.17) is 66.3 Å². The van der Waals surface area contributed by atoms with Crippen LogP contribution in [-0.4, -0.2) is 360 Å². The van der Waals surface area contributed by atoms with Crippen molar-refractivity contribution in [3.63, 3.8) is 0 Å². The molecule has 2 unspecified atom stereocenters. The van der Waals surface area contributed by atoms with E-state index in [1.807, 2.05) is 204 Å². The Labute approximate surface area is 831 Å². The Morgan fingerprint density at radius 1 is 0.195 bits per heavy atom. The first-order valence-electron chi connectivity index (χ1n) is 50.8. The number of hydrogen-bond acceptors (Lipinski definition) is 28. The third-order valence-corrected chi connectivity index (χ3v) is 41.5. The first-order valence-corrected chi connectivity index (χ1v) is 95.0. The fraction of sp³-hybridized carbons (Fsp3) is 1.00. The molecule has 0 aliphatic heterocycles. The van der Waals surface area contributed by atoms with Gasteiger partial charge < -0.3 is 133 Å². The molecule has 0 heterocycles. The van der Waals surface area contributed by atoms with Crippen LogP contribution < -0.4 is 0 Å². The molecule has 0 radical (unpaired) electrons. The van der Waals surface area contributed by atoms with Crippen LogP contribution in [0.25, 0.3) is 0 Å². The van der Waals surface area contributed by atoms with Crippen molar-refractivity contribution >= 4 is 116 Å². The first kappa shape index (κ1) is 148. The van der Waals surface area contributed by atoms with Gasteiger partial charge in [-0.1, -0.05) is 6.92 Å². The van der Waals surface area contributed by atoms with Crippen molar-refractivity contribution in [2.24, 2.45) is 0 Å². The van der Waals surface area contributed by atoms with Gasteiger partial charge in [-0.25, -0.2) is 0 Å². The van der Waals surface area contributed by atoms with Crippen LogP contribution in [0, 0.1) is 0 Å². The lowest BCUT2D eigenvalue weighted by Crippen LogP contribution is -2.32. The average Bonchev–Trinajstić information content (AvgIpc) is 0.921. The summed E-state index contributed by atoms with van der Waals surface area (Å²) in [6, 6.07) is 12.5. The number of rotatable bonds is 80. The zero-order valence-corrected chi connectivity index (χ0v) is 106. The summed E-state index contributed by atoms with van der Waals surface area (Å²) in [7, 11) is -26.7. The lowest BCUT2D eigenvalue weighted by molar-refractivity contribution is -0.0747. The first-order chi connectivity index (χ1) is 60.5. The summed E-state index contributed by atoms with van der Waals surface area (Å²) >= 11 is 0. The molecular weight excluding hydrogens is 1930 g/mol. The van der Waals surface area contributed by atoms with E-state index in [1.165, 1.54) is 0 Å². The molecule has 0 aromatic carbocycles. The molecule has 2 atom stereocenters. The Bertz CT molecular complexity index is 2380. The Morgan fingerprint density at radius 2 is 0.376 bits per heavy atom. The summed E-state index contributed by atoms with van der Waals surface area (Å²) in [5, 5.41) is 0. The lowest BCUT2D eigenvalue weighted by Gasteiger charge is -2.26. The van der Waals surface area contributed by atoms with Crippen molar-refractivity contribution in [1.82, 2.24) is 0 Å². The highest BCUT2D eigenvalue weighted by Crippen LogP contribution is 2.20. The molecule has 42 heteroatoms. The van der Waals surface area contributed by atoms with E-state index in [0.717, 1.165) is 253 Å². The van der Waals surface area contributed by atoms with Crippen LogP contribution in [0.2, 0.25) is 268 Å². The largest absolute Gasteiger partial charge is 0.432 e. The molecule has 0 aliphatic carbocycles. The van der Waals surface area contributed by atoms with E-state index in [9.17, 15) is 67.1 Å². The molecule has 0 amide bonds. The van der Waals surface area contributed by atoms with E-state index in [2.05, 4.69) is 6.92 Å². The van der Waals surface area contributed by atoms with Gasteiger partial charge in [0, 0.05) is 119 Å². The summed E-state index contributed by atoms with van der Waals surface area (Å²) in [4.78, 5) is 135. The van der Waals surface area contributed by atoms with Gasteiger partial charge in [-0.15, -0.1) is 0 Å². The molecule has 0 saturated carbocycles. The van der Waals surface area contributed by atoms with E-state index < -0.39 is 116 Å². The minimum absolute atomic E-state index is 0.0999. The monoisotopic (exact) mass is 2160 g/mol. The second kappa shape index (κ2) is 83.9. The van der Waals surface area contributed by atoms with Crippen LogP contribution in [0.1, 0.15) is 143 Å². The number of hydrogen-bond donors (Lipinski definition) is 14. The van der Waals surface area contributed by atoms with Gasteiger partial charge in [0.15, 0.2) is 116 Å². The molecule has 0 aromatic heterocycles. The molecule has 0 aliphatic rings. The van der Waals surface area contributed by atoms with Crippen molar-refractivity contribution in [3.05, 3.63) is 0 Å². The van der Waals surface area contributed by atoms with Crippen molar-refractivity contribution in [1.29, 1.82) is 0 Å². The Morgan fingerprint density at radius 3 is 0.617 bits per heavy atom. The van der Waals surface area contributed by atoms with Gasteiger partial charge >= 0.3 is 0 Å². The molecule has 0 spiro atoms. The highest BCUT2D eigenvalue weighted by Gasteiger charge is 2.27. The third kappa shape index (κ3) is 165. The Balaban J connectivity index is -0.000000279. The number of unbranched alkanes of at least 4 members (excludes halogenated alkanes) is 1. The van der Waals surface area contributed by atoms with Crippen LogP contribution in [-0.2, 0) is 66.3 Å². The van der Waals surface area contributed by atoms with Crippen LogP contribution in [0.4, 0.5) is 0 Å². The maximum atomic E-state index is 9.75. The van der Waals surface area contributed by atoms with Gasteiger partial charge in [0.2, 0.25) is 0 Å². The van der Waals surface area contributed by atoms with Gasteiger partial charge in [0.1, 0.15) is 6.79 Å². The van der Waals surface area contributed by atoms with Gasteiger partial charge in [-0.3, -0.25) is 0 Å². The zero-order valence-electron chi connectivity index (χ0n) is 92.2. The quantitative estimate of drug-likeness (QED) is 0.0153. The SMILES string of the molecule is CC(C)(COCCC[Si](C)(C)O)OCCC[Si](C)(C)O.CC(COCCC[Si](C)(C)O)OCCC[Si](C)(C)O.CCC(COCCC[Si](C)(C)O)OCCC[Si](C)(C)O.C[Si](C)(O)CCCOCCCCOCCC[Si](C)(C)O.C[Si](C)(O)CCCOCCCOCCC[Si](C)(C)O.C[Si](C)(O)CCCOCCOCCC[Si](C)(C)O.C[Si](C)(O)CCCOCOCCC[Si](C)(C)O. The van der Waals surface area contributed by atoms with Gasteiger partial charge in [-0.05, 0) is 404 Å². The van der Waals surface area contributed by atoms with Crippen molar-refractivity contribution in [2.75, 3.05) is 159 Å². The van der Waals surface area contributed by atoms with E-state index in [1.54, 1.807) is 0 Å². The Hall–Kier alpha value is 1.92. The van der Waals surface area contributed by atoms with Gasteiger partial charge in [-0.2, -0.15) is 0 Å². The summed E-state index contributed by atoms with van der Waals surface area (Å²) in [5.74, 6) is 0. The molecule has 812 valence electrons. The molecule has 0 fully saturated rings. The minimum atomic E-state index is -1.94. The summed E-state index contributed by atoms with van der Waals surface area (Å²) in [5.41, 5.74) is -0.284. The maximum absolute atomic E-state index is 9.75. The molecule has 14 N–H and O–H groups in total. The third-order valence-electron chi connectivity index (χ3n) is 19.4. The number of ether oxygens (including phenoxy) is 14. The highest BCUT2D eigenvalue weighted by atomic mass is 28.4. The van der Waals surface area contributed by atoms with Crippen LogP contribution in [0.3, 0.4) is 0 Å². The maximum Gasteiger partial charge on any atom is 0.182 e. The predicted octanol–water partition coefficient (Wildman–Crippen LogP) is 18.4. The van der Waals surface area contributed by atoms with Crippen LogP contribution >= 0.6 is 0 Å². The summed E-state index contributed by atoms with van der Waals surface area (Å²) < 4.78 is 77.5. The van der Waals surface area contributed by atoms with Crippen molar-refractivity contribution in [2.45, 2.75) is 429 Å². The van der Waals surface area contributed by atoms with E-state index >= 15 is 0 Å². The fourth-order valence-electron chi connectivity index (χ4n) is 11.8. The van der Waals surface area contributed by atoms with Crippen molar-refractivity contribution < 1.29 is 133 Å². The normalized spacial score (nSPS) is 13.6. The van der Waals surface area contributed by atoms with Crippen molar-refractivity contribution in [3.8, 4) is 0 Å². The second-order valence-electron chi connectivity index (χ2n) is 45.9. The Kier molecular flexibility index (Phi) is 93.3. The smallest absolute Gasteiger partial charge is 0.182 e. The predicted molar refractivity (Wildman–Crippen MR) is 591 cm³/mol. The molecule has 0 bridgehead atoms. The second-order valence-corrected chi connectivity index (χ2v) is 104. The van der Waals surface area contributed by atoms with Crippen LogP contribution in [0.5, 0.6) is 0 Å². The van der Waals surface area contributed by atoms with E-state index in [-0.39, 0.29) is 17.8 Å². The van der Waals surface area contributed by atoms with Crippen LogP contribution in [0.15, 0.2) is 0 Å². The lowest BCUT2D eigenvalue weighted by atomic mass is 10.1. The molecular formula is C91H224O28Si14. The molecule has 0 rings (SSSR count). The fourth-order valence-corrected chi connectivity index (χ4v) is 25.9.